The lowest BCUT2D eigenvalue weighted by atomic mass is 9.78. The first-order valence-corrected chi connectivity index (χ1v) is 7.01. The molecule has 1 aromatic heterocycles. The summed E-state index contributed by atoms with van der Waals surface area (Å²) < 4.78 is 41.2. The van der Waals surface area contributed by atoms with E-state index in [0.717, 1.165) is 12.3 Å². The Balaban J connectivity index is 2.56. The van der Waals surface area contributed by atoms with Gasteiger partial charge in [-0.05, 0) is 31.0 Å². The summed E-state index contributed by atoms with van der Waals surface area (Å²) >= 11 is 5.91. The van der Waals surface area contributed by atoms with E-state index >= 15 is 0 Å². The van der Waals surface area contributed by atoms with E-state index in [4.69, 9.17) is 11.6 Å². The average molecular weight is 347 g/mol. The summed E-state index contributed by atoms with van der Waals surface area (Å²) in [5.74, 6) is -0.157. The molecule has 124 valence electrons. The van der Waals surface area contributed by atoms with E-state index in [0.29, 0.717) is 5.69 Å². The molecule has 2 aromatic rings. The van der Waals surface area contributed by atoms with Gasteiger partial charge in [-0.1, -0.05) is 17.7 Å². The molecule has 0 aliphatic carbocycles. The zero-order valence-corrected chi connectivity index (χ0v) is 12.9. The number of alkyl halides is 3. The Morgan fingerprint density at radius 1 is 1.17 bits per heavy atom. The van der Waals surface area contributed by atoms with Crippen LogP contribution >= 0.6 is 11.6 Å². The summed E-state index contributed by atoms with van der Waals surface area (Å²) in [6.07, 6.45) is -3.17. The summed E-state index contributed by atoms with van der Waals surface area (Å²) in [6, 6.07) is 3.67. The predicted octanol–water partition coefficient (Wildman–Crippen LogP) is 3.18. The van der Waals surface area contributed by atoms with Crippen molar-refractivity contribution in [1.82, 2.24) is 9.97 Å². The third-order valence-electron chi connectivity index (χ3n) is 3.61. The molecule has 2 rings (SSSR count). The van der Waals surface area contributed by atoms with Crippen LogP contribution in [0.4, 0.5) is 13.2 Å². The molecule has 0 radical (unpaired) electrons. The maximum absolute atomic E-state index is 13.7. The second-order valence-electron chi connectivity index (χ2n) is 5.23. The summed E-state index contributed by atoms with van der Waals surface area (Å²) in [6.45, 7) is 0.396. The van der Waals surface area contributed by atoms with Crippen molar-refractivity contribution < 1.29 is 23.4 Å². The Morgan fingerprint density at radius 2 is 1.87 bits per heavy atom. The first-order chi connectivity index (χ1) is 10.7. The fourth-order valence-electron chi connectivity index (χ4n) is 2.21. The SMILES string of the molecule is Cc1cnc(C(CO)(Cc2ccc(O)cc2Cl)C(F)(F)F)cn1. The highest BCUT2D eigenvalue weighted by atomic mass is 35.5. The van der Waals surface area contributed by atoms with Crippen LogP contribution in [0.5, 0.6) is 5.75 Å². The van der Waals surface area contributed by atoms with Crippen molar-refractivity contribution in [3.05, 3.63) is 52.6 Å². The van der Waals surface area contributed by atoms with Crippen LogP contribution in [0.15, 0.2) is 30.6 Å². The highest BCUT2D eigenvalue weighted by molar-refractivity contribution is 6.31. The number of hydrogen-bond acceptors (Lipinski definition) is 4. The van der Waals surface area contributed by atoms with Crippen LogP contribution in [0, 0.1) is 6.92 Å². The molecule has 0 fully saturated rings. The fraction of sp³-hybridized carbons (Fsp3) is 0.333. The minimum absolute atomic E-state index is 0.0212. The molecular weight excluding hydrogens is 333 g/mol. The summed E-state index contributed by atoms with van der Waals surface area (Å²) in [5, 5.41) is 18.9. The van der Waals surface area contributed by atoms with E-state index in [2.05, 4.69) is 9.97 Å². The van der Waals surface area contributed by atoms with Crippen LogP contribution in [-0.2, 0) is 11.8 Å². The van der Waals surface area contributed by atoms with E-state index in [-0.39, 0.29) is 22.0 Å². The molecule has 8 heteroatoms. The van der Waals surface area contributed by atoms with Crippen molar-refractivity contribution >= 4 is 11.6 Å². The first-order valence-electron chi connectivity index (χ1n) is 6.64. The van der Waals surface area contributed by atoms with Gasteiger partial charge in [0.2, 0.25) is 0 Å². The van der Waals surface area contributed by atoms with Crippen molar-refractivity contribution in [2.45, 2.75) is 24.9 Å². The number of phenolic OH excluding ortho intramolecular Hbond substituents is 1. The van der Waals surface area contributed by atoms with E-state index < -0.39 is 24.6 Å². The molecule has 0 saturated heterocycles. The van der Waals surface area contributed by atoms with E-state index in [1.54, 1.807) is 6.92 Å². The van der Waals surface area contributed by atoms with Gasteiger partial charge < -0.3 is 10.2 Å². The summed E-state index contributed by atoms with van der Waals surface area (Å²) in [4.78, 5) is 7.63. The van der Waals surface area contributed by atoms with Gasteiger partial charge in [-0.25, -0.2) is 0 Å². The Kier molecular flexibility index (Phi) is 4.81. The maximum Gasteiger partial charge on any atom is 0.402 e. The zero-order valence-electron chi connectivity index (χ0n) is 12.1. The maximum atomic E-state index is 13.7. The number of aliphatic hydroxyl groups excluding tert-OH is 1. The highest BCUT2D eigenvalue weighted by Crippen LogP contribution is 2.43. The molecule has 4 nitrogen and oxygen atoms in total. The molecule has 0 spiro atoms. The Morgan fingerprint density at radius 3 is 2.35 bits per heavy atom. The Hall–Kier alpha value is -1.86. The topological polar surface area (TPSA) is 66.2 Å². The van der Waals surface area contributed by atoms with Crippen LogP contribution < -0.4 is 0 Å². The van der Waals surface area contributed by atoms with Crippen molar-refractivity contribution in [3.63, 3.8) is 0 Å². The minimum atomic E-state index is -4.77. The van der Waals surface area contributed by atoms with Crippen LogP contribution in [0.2, 0.25) is 5.02 Å². The van der Waals surface area contributed by atoms with Crippen molar-refractivity contribution in [3.8, 4) is 5.75 Å². The number of phenols is 1. The third-order valence-corrected chi connectivity index (χ3v) is 3.96. The van der Waals surface area contributed by atoms with Gasteiger partial charge in [0.15, 0.2) is 0 Å². The molecule has 0 amide bonds. The number of hydrogen-bond donors (Lipinski definition) is 2. The Bertz CT molecular complexity index is 692. The number of aromatic hydroxyl groups is 1. The van der Waals surface area contributed by atoms with Gasteiger partial charge in [-0.2, -0.15) is 13.2 Å². The van der Waals surface area contributed by atoms with Crippen molar-refractivity contribution in [1.29, 1.82) is 0 Å². The standard InChI is InChI=1S/C15H14ClF3N2O2/c1-9-6-21-13(7-20-9)14(8-22,15(17,18)19)5-10-2-3-11(23)4-12(10)16/h2-4,6-7,22-23H,5,8H2,1H3. The lowest BCUT2D eigenvalue weighted by Crippen LogP contribution is -2.48. The third kappa shape index (κ3) is 3.40. The highest BCUT2D eigenvalue weighted by Gasteiger charge is 2.57. The van der Waals surface area contributed by atoms with E-state index in [1.165, 1.54) is 18.3 Å². The quantitative estimate of drug-likeness (QED) is 0.892. The molecule has 2 N–H and O–H groups in total. The molecule has 1 heterocycles. The molecule has 0 aliphatic heterocycles. The number of aromatic nitrogens is 2. The lowest BCUT2D eigenvalue weighted by Gasteiger charge is -2.33. The molecule has 0 bridgehead atoms. The number of benzene rings is 1. The molecule has 23 heavy (non-hydrogen) atoms. The van der Waals surface area contributed by atoms with Crippen LogP contribution in [0.3, 0.4) is 0 Å². The predicted molar refractivity (Wildman–Crippen MR) is 78.4 cm³/mol. The van der Waals surface area contributed by atoms with E-state index in [1.807, 2.05) is 0 Å². The van der Waals surface area contributed by atoms with Crippen LogP contribution in [-0.4, -0.2) is 33.0 Å². The first kappa shape index (κ1) is 17.5. The molecule has 1 aromatic carbocycles. The number of rotatable bonds is 4. The number of aryl methyl sites for hydroxylation is 1. The molecule has 0 saturated carbocycles. The average Bonchev–Trinajstić information content (AvgIpc) is 2.46. The van der Waals surface area contributed by atoms with Gasteiger partial charge in [0.05, 0.1) is 18.0 Å². The van der Waals surface area contributed by atoms with Crippen LogP contribution in [0.25, 0.3) is 0 Å². The second kappa shape index (κ2) is 6.33. The number of aliphatic hydroxyl groups is 1. The van der Waals surface area contributed by atoms with Gasteiger partial charge in [-0.15, -0.1) is 0 Å². The minimum Gasteiger partial charge on any atom is -0.508 e. The van der Waals surface area contributed by atoms with Gasteiger partial charge >= 0.3 is 6.18 Å². The van der Waals surface area contributed by atoms with Gasteiger partial charge in [-0.3, -0.25) is 9.97 Å². The monoisotopic (exact) mass is 346 g/mol. The Labute approximate surface area is 135 Å². The largest absolute Gasteiger partial charge is 0.508 e. The zero-order chi connectivity index (χ0) is 17.3. The number of halogens is 4. The van der Waals surface area contributed by atoms with Gasteiger partial charge in [0.1, 0.15) is 11.2 Å². The lowest BCUT2D eigenvalue weighted by molar-refractivity contribution is -0.202. The van der Waals surface area contributed by atoms with Gasteiger partial charge in [0, 0.05) is 17.4 Å². The molecule has 1 unspecified atom stereocenters. The molecule has 0 aliphatic rings. The summed E-state index contributed by atoms with van der Waals surface area (Å²) in [5.41, 5.74) is -2.42. The smallest absolute Gasteiger partial charge is 0.402 e. The second-order valence-corrected chi connectivity index (χ2v) is 5.64. The van der Waals surface area contributed by atoms with Crippen LogP contribution in [0.1, 0.15) is 17.0 Å². The normalized spacial score (nSPS) is 14.5. The molecular formula is C15H14ClF3N2O2. The molecule has 1 atom stereocenters. The van der Waals surface area contributed by atoms with Crippen molar-refractivity contribution in [2.24, 2.45) is 0 Å². The van der Waals surface area contributed by atoms with Gasteiger partial charge in [0.25, 0.3) is 0 Å². The van der Waals surface area contributed by atoms with E-state index in [9.17, 15) is 23.4 Å². The van der Waals surface area contributed by atoms with Crippen molar-refractivity contribution in [2.75, 3.05) is 6.61 Å². The fourth-order valence-corrected chi connectivity index (χ4v) is 2.45. The number of nitrogens with zero attached hydrogens (tertiary/aromatic N) is 2. The summed E-state index contributed by atoms with van der Waals surface area (Å²) in [7, 11) is 0.